The smallest absolute Gasteiger partial charge is 0.157 e. The van der Waals surface area contributed by atoms with E-state index in [1.165, 1.54) is 0 Å². The molecule has 0 aromatic heterocycles. The second-order valence-electron chi connectivity index (χ2n) is 3.62. The van der Waals surface area contributed by atoms with Gasteiger partial charge in [-0.2, -0.15) is 0 Å². The average molecular weight is 170 g/mol. The fourth-order valence-corrected chi connectivity index (χ4v) is 2.35. The maximum Gasteiger partial charge on any atom is 0.157 e. The first kappa shape index (κ1) is 8.20. The van der Waals surface area contributed by atoms with E-state index in [0.29, 0.717) is 5.92 Å². The summed E-state index contributed by atoms with van der Waals surface area (Å²) in [5.41, 5.74) is 0. The number of methoxy groups -OCH3 is 1. The van der Waals surface area contributed by atoms with E-state index >= 15 is 0 Å². The van der Waals surface area contributed by atoms with Crippen LogP contribution in [0.25, 0.3) is 0 Å². The quantitative estimate of drug-likeness (QED) is 0.579. The van der Waals surface area contributed by atoms with Gasteiger partial charge >= 0.3 is 0 Å². The van der Waals surface area contributed by atoms with Gasteiger partial charge in [0.2, 0.25) is 0 Å². The molecule has 68 valence electrons. The molecule has 0 N–H and O–H groups in total. The third-order valence-corrected chi connectivity index (χ3v) is 3.04. The summed E-state index contributed by atoms with van der Waals surface area (Å²) >= 11 is 0. The Morgan fingerprint density at radius 2 is 2.33 bits per heavy atom. The topological polar surface area (TPSA) is 35.5 Å². The van der Waals surface area contributed by atoms with Gasteiger partial charge in [0.25, 0.3) is 0 Å². The van der Waals surface area contributed by atoms with E-state index < -0.39 is 0 Å². The number of carbonyl (C=O) groups excluding carboxylic acids is 1. The Bertz CT molecular complexity index is 181. The van der Waals surface area contributed by atoms with Crippen molar-refractivity contribution >= 4 is 6.29 Å². The molecule has 1 saturated heterocycles. The molecule has 1 heterocycles. The number of fused-ring (bicyclic) bond motifs is 1. The van der Waals surface area contributed by atoms with Crippen molar-refractivity contribution in [2.24, 2.45) is 11.8 Å². The molecule has 0 aromatic rings. The van der Waals surface area contributed by atoms with Gasteiger partial charge in [0.15, 0.2) is 6.29 Å². The van der Waals surface area contributed by atoms with Gasteiger partial charge in [0, 0.05) is 19.4 Å². The lowest BCUT2D eigenvalue weighted by Crippen LogP contribution is -2.14. The van der Waals surface area contributed by atoms with Crippen LogP contribution in [0.4, 0.5) is 0 Å². The van der Waals surface area contributed by atoms with Gasteiger partial charge in [0.05, 0.1) is 6.10 Å². The Kier molecular flexibility index (Phi) is 2.15. The number of carbonyl (C=O) groups is 1. The van der Waals surface area contributed by atoms with E-state index in [-0.39, 0.29) is 18.3 Å². The van der Waals surface area contributed by atoms with Crippen LogP contribution in [-0.4, -0.2) is 25.8 Å². The van der Waals surface area contributed by atoms with E-state index in [1.54, 1.807) is 7.11 Å². The van der Waals surface area contributed by atoms with Crippen LogP contribution in [0, 0.1) is 11.8 Å². The molecule has 0 amide bonds. The van der Waals surface area contributed by atoms with Crippen LogP contribution >= 0.6 is 0 Å². The Morgan fingerprint density at radius 3 is 3.00 bits per heavy atom. The first-order valence-electron chi connectivity index (χ1n) is 4.48. The number of hydrogen-bond donors (Lipinski definition) is 0. The molecule has 2 aliphatic rings. The molecule has 0 bridgehead atoms. The number of hydrogen-bond acceptors (Lipinski definition) is 3. The zero-order chi connectivity index (χ0) is 8.55. The predicted octanol–water partition coefficient (Wildman–Crippen LogP) is 0.973. The fourth-order valence-electron chi connectivity index (χ4n) is 2.35. The molecule has 0 aromatic carbocycles. The summed E-state index contributed by atoms with van der Waals surface area (Å²) in [5.74, 6) is 0.641. The standard InChI is InChI=1S/C9H14O3/c1-11-9-4-7-6(5-10)2-3-8(7)12-9/h5-9H,2-4H2,1H3. The number of aldehydes is 1. The van der Waals surface area contributed by atoms with Gasteiger partial charge in [-0.25, -0.2) is 0 Å². The third-order valence-electron chi connectivity index (χ3n) is 3.04. The first-order valence-corrected chi connectivity index (χ1v) is 4.48. The lowest BCUT2D eigenvalue weighted by Gasteiger charge is -2.09. The summed E-state index contributed by atoms with van der Waals surface area (Å²) in [7, 11) is 1.65. The highest BCUT2D eigenvalue weighted by molar-refractivity contribution is 5.55. The summed E-state index contributed by atoms with van der Waals surface area (Å²) < 4.78 is 10.7. The average Bonchev–Trinajstić information content (AvgIpc) is 2.61. The van der Waals surface area contributed by atoms with Crippen LogP contribution in [0.2, 0.25) is 0 Å². The number of ether oxygens (including phenoxy) is 2. The van der Waals surface area contributed by atoms with Gasteiger partial charge in [-0.15, -0.1) is 0 Å². The first-order chi connectivity index (χ1) is 5.85. The van der Waals surface area contributed by atoms with Crippen molar-refractivity contribution in [3.05, 3.63) is 0 Å². The molecule has 1 aliphatic carbocycles. The van der Waals surface area contributed by atoms with Gasteiger partial charge < -0.3 is 14.3 Å². The molecule has 4 unspecified atom stereocenters. The van der Waals surface area contributed by atoms with Gasteiger partial charge in [-0.05, 0) is 18.8 Å². The lowest BCUT2D eigenvalue weighted by atomic mass is 9.94. The van der Waals surface area contributed by atoms with E-state index in [1.807, 2.05) is 0 Å². The normalized spacial score (nSPS) is 46.1. The van der Waals surface area contributed by atoms with Crippen LogP contribution in [0.5, 0.6) is 0 Å². The minimum Gasteiger partial charge on any atom is -0.356 e. The molecular formula is C9H14O3. The summed E-state index contributed by atoms with van der Waals surface area (Å²) in [6, 6.07) is 0. The van der Waals surface area contributed by atoms with E-state index in [4.69, 9.17) is 9.47 Å². The van der Waals surface area contributed by atoms with Crippen molar-refractivity contribution in [3.63, 3.8) is 0 Å². The van der Waals surface area contributed by atoms with Crippen LogP contribution in [0.1, 0.15) is 19.3 Å². The molecule has 12 heavy (non-hydrogen) atoms. The molecule has 2 rings (SSSR count). The fraction of sp³-hybridized carbons (Fsp3) is 0.889. The van der Waals surface area contributed by atoms with Crippen LogP contribution in [0.3, 0.4) is 0 Å². The summed E-state index contributed by atoms with van der Waals surface area (Å²) in [5, 5.41) is 0. The molecule has 1 saturated carbocycles. The number of rotatable bonds is 2. The van der Waals surface area contributed by atoms with Crippen molar-refractivity contribution in [2.75, 3.05) is 7.11 Å². The second-order valence-corrected chi connectivity index (χ2v) is 3.62. The molecular weight excluding hydrogens is 156 g/mol. The predicted molar refractivity (Wildman–Crippen MR) is 42.6 cm³/mol. The summed E-state index contributed by atoms with van der Waals surface area (Å²) in [6.07, 6.45) is 4.20. The Hall–Kier alpha value is -0.410. The Labute approximate surface area is 72.0 Å². The molecule has 3 heteroatoms. The van der Waals surface area contributed by atoms with Gasteiger partial charge in [-0.3, -0.25) is 0 Å². The van der Waals surface area contributed by atoms with Crippen molar-refractivity contribution in [3.8, 4) is 0 Å². The molecule has 4 atom stereocenters. The largest absolute Gasteiger partial charge is 0.356 e. The maximum absolute atomic E-state index is 10.6. The zero-order valence-corrected chi connectivity index (χ0v) is 7.23. The van der Waals surface area contributed by atoms with Gasteiger partial charge in [-0.1, -0.05) is 0 Å². The molecule has 0 radical (unpaired) electrons. The van der Waals surface area contributed by atoms with Crippen LogP contribution in [-0.2, 0) is 14.3 Å². The Balaban J connectivity index is 2.01. The second kappa shape index (κ2) is 3.15. The highest BCUT2D eigenvalue weighted by Gasteiger charge is 2.44. The zero-order valence-electron chi connectivity index (χ0n) is 7.23. The maximum atomic E-state index is 10.6. The van der Waals surface area contributed by atoms with Crippen molar-refractivity contribution in [2.45, 2.75) is 31.7 Å². The molecule has 1 aliphatic heterocycles. The van der Waals surface area contributed by atoms with Gasteiger partial charge in [0.1, 0.15) is 6.29 Å². The highest BCUT2D eigenvalue weighted by Crippen LogP contribution is 2.42. The monoisotopic (exact) mass is 170 g/mol. The molecule has 0 spiro atoms. The van der Waals surface area contributed by atoms with Crippen molar-refractivity contribution in [1.29, 1.82) is 0 Å². The Morgan fingerprint density at radius 1 is 1.50 bits per heavy atom. The highest BCUT2D eigenvalue weighted by atomic mass is 16.7. The molecule has 3 nitrogen and oxygen atoms in total. The summed E-state index contributed by atoms with van der Waals surface area (Å²) in [4.78, 5) is 10.6. The van der Waals surface area contributed by atoms with Crippen LogP contribution < -0.4 is 0 Å². The van der Waals surface area contributed by atoms with Crippen molar-refractivity contribution in [1.82, 2.24) is 0 Å². The summed E-state index contributed by atoms with van der Waals surface area (Å²) in [6.45, 7) is 0. The van der Waals surface area contributed by atoms with E-state index in [9.17, 15) is 4.79 Å². The SMILES string of the molecule is COC1CC2C(C=O)CCC2O1. The van der Waals surface area contributed by atoms with E-state index in [2.05, 4.69) is 0 Å². The molecule has 2 fully saturated rings. The lowest BCUT2D eigenvalue weighted by molar-refractivity contribution is -0.114. The van der Waals surface area contributed by atoms with Crippen LogP contribution in [0.15, 0.2) is 0 Å². The minimum atomic E-state index is -0.0669. The van der Waals surface area contributed by atoms with Crippen molar-refractivity contribution < 1.29 is 14.3 Å². The minimum absolute atomic E-state index is 0.0669. The van der Waals surface area contributed by atoms with E-state index in [0.717, 1.165) is 25.5 Å². The third kappa shape index (κ3) is 1.17.